The van der Waals surface area contributed by atoms with Gasteiger partial charge in [-0.3, -0.25) is 0 Å². The lowest BCUT2D eigenvalue weighted by atomic mass is 9.98. The van der Waals surface area contributed by atoms with E-state index in [1.807, 2.05) is 6.08 Å². The molecular weight excluding hydrogens is 216 g/mol. The Bertz CT molecular complexity index is 789. The van der Waals surface area contributed by atoms with Crippen molar-refractivity contribution in [2.75, 3.05) is 0 Å². The summed E-state index contributed by atoms with van der Waals surface area (Å²) >= 11 is 0. The van der Waals surface area contributed by atoms with Crippen LogP contribution in [0.4, 0.5) is 0 Å². The summed E-state index contributed by atoms with van der Waals surface area (Å²) in [5.74, 6) is 0. The van der Waals surface area contributed by atoms with Gasteiger partial charge in [0, 0.05) is 0 Å². The smallest absolute Gasteiger partial charge is 0.00262 e. The van der Waals surface area contributed by atoms with Gasteiger partial charge in [0.2, 0.25) is 0 Å². The predicted octanol–water partition coefficient (Wildman–Crippen LogP) is 5.13. The summed E-state index contributed by atoms with van der Waals surface area (Å²) < 4.78 is 0. The van der Waals surface area contributed by atoms with Crippen molar-refractivity contribution in [1.29, 1.82) is 0 Å². The second-order valence-electron chi connectivity index (χ2n) is 4.68. The summed E-state index contributed by atoms with van der Waals surface area (Å²) in [6, 6.07) is 19.5. The highest BCUT2D eigenvalue weighted by Gasteiger charge is 2.21. The Morgan fingerprint density at radius 3 is 2.17 bits per heavy atom. The van der Waals surface area contributed by atoms with E-state index in [1.54, 1.807) is 0 Å². The zero-order chi connectivity index (χ0) is 12.1. The number of benzene rings is 3. The van der Waals surface area contributed by atoms with Crippen LogP contribution < -0.4 is 0 Å². The fourth-order valence-electron chi connectivity index (χ4n) is 3.04. The van der Waals surface area contributed by atoms with Gasteiger partial charge in [0.05, 0.1) is 0 Å². The van der Waals surface area contributed by atoms with Crippen molar-refractivity contribution in [2.24, 2.45) is 0 Å². The van der Waals surface area contributed by atoms with Crippen molar-refractivity contribution >= 4 is 16.8 Å². The van der Waals surface area contributed by atoms with Crippen LogP contribution in [0.25, 0.3) is 39.1 Å². The van der Waals surface area contributed by atoms with Crippen LogP contribution >= 0.6 is 0 Å². The molecule has 0 atom stereocenters. The van der Waals surface area contributed by atoms with Crippen molar-refractivity contribution in [1.82, 2.24) is 0 Å². The first-order chi connectivity index (χ1) is 8.90. The van der Waals surface area contributed by atoms with E-state index < -0.39 is 0 Å². The Balaban J connectivity index is 2.28. The predicted molar refractivity (Wildman–Crippen MR) is 78.5 cm³/mol. The monoisotopic (exact) mass is 228 g/mol. The normalized spacial score (nSPS) is 11.6. The number of hydrogen-bond acceptors (Lipinski definition) is 0. The maximum Gasteiger partial charge on any atom is -0.00262 e. The quantitative estimate of drug-likeness (QED) is 0.423. The summed E-state index contributed by atoms with van der Waals surface area (Å²) in [4.78, 5) is 0. The van der Waals surface area contributed by atoms with E-state index in [4.69, 9.17) is 0 Å². The van der Waals surface area contributed by atoms with Crippen LogP contribution in [0, 0.1) is 0 Å². The molecule has 0 bridgehead atoms. The standard InChI is InChI=1S/C18H12/c1-2-12-6-3-9-14-15-10-4-7-13-8-5-11-16(17(12)14)18(13)15/h2-11H,1H2. The first-order valence-electron chi connectivity index (χ1n) is 6.18. The lowest BCUT2D eigenvalue weighted by Crippen LogP contribution is -1.81. The summed E-state index contributed by atoms with van der Waals surface area (Å²) in [6.07, 6.45) is 1.95. The molecule has 0 aromatic heterocycles. The average Bonchev–Trinajstić information content (AvgIpc) is 2.77. The van der Waals surface area contributed by atoms with Crippen LogP contribution in [0.5, 0.6) is 0 Å². The maximum absolute atomic E-state index is 3.94. The molecule has 1 aliphatic rings. The molecule has 0 heterocycles. The molecule has 3 aromatic carbocycles. The molecule has 3 aromatic rings. The maximum atomic E-state index is 3.94. The molecule has 0 aliphatic heterocycles. The molecule has 0 fully saturated rings. The molecule has 0 nitrogen and oxygen atoms in total. The minimum Gasteiger partial charge on any atom is -0.0984 e. The van der Waals surface area contributed by atoms with Gasteiger partial charge in [-0.1, -0.05) is 67.3 Å². The highest BCUT2D eigenvalue weighted by atomic mass is 14.2. The van der Waals surface area contributed by atoms with Gasteiger partial charge in [0.25, 0.3) is 0 Å². The average molecular weight is 228 g/mol. The molecule has 0 saturated carbocycles. The van der Waals surface area contributed by atoms with Crippen LogP contribution in [0.3, 0.4) is 0 Å². The summed E-state index contributed by atoms with van der Waals surface area (Å²) in [7, 11) is 0. The van der Waals surface area contributed by atoms with Gasteiger partial charge in [-0.15, -0.1) is 0 Å². The van der Waals surface area contributed by atoms with Gasteiger partial charge in [-0.05, 0) is 38.6 Å². The Kier molecular flexibility index (Phi) is 1.79. The lowest BCUT2D eigenvalue weighted by molar-refractivity contribution is 1.65. The van der Waals surface area contributed by atoms with Crippen molar-refractivity contribution in [3.05, 3.63) is 66.7 Å². The van der Waals surface area contributed by atoms with Crippen molar-refractivity contribution < 1.29 is 0 Å². The fraction of sp³-hybridized carbons (Fsp3) is 0. The second kappa shape index (κ2) is 3.33. The van der Waals surface area contributed by atoms with E-state index in [0.717, 1.165) is 0 Å². The zero-order valence-corrected chi connectivity index (χ0v) is 9.98. The number of hydrogen-bond donors (Lipinski definition) is 0. The summed E-state index contributed by atoms with van der Waals surface area (Å²) in [6.45, 7) is 3.94. The highest BCUT2D eigenvalue weighted by molar-refractivity contribution is 6.16. The molecule has 0 N–H and O–H groups in total. The Morgan fingerprint density at radius 2 is 1.39 bits per heavy atom. The molecule has 0 radical (unpaired) electrons. The van der Waals surface area contributed by atoms with Gasteiger partial charge in [0.15, 0.2) is 0 Å². The Labute approximate surface area is 106 Å². The van der Waals surface area contributed by atoms with Gasteiger partial charge >= 0.3 is 0 Å². The highest BCUT2D eigenvalue weighted by Crippen LogP contribution is 2.48. The molecule has 4 rings (SSSR count). The molecule has 0 amide bonds. The summed E-state index contributed by atoms with van der Waals surface area (Å²) in [5.41, 5.74) is 6.57. The molecule has 84 valence electrons. The minimum absolute atomic E-state index is 1.22. The van der Waals surface area contributed by atoms with Crippen molar-refractivity contribution in [2.45, 2.75) is 0 Å². The van der Waals surface area contributed by atoms with Crippen LogP contribution in [0.2, 0.25) is 0 Å². The SMILES string of the molecule is C=Cc1cccc2c1-c1cccc3cccc-2c13. The number of fused-ring (bicyclic) bond motifs is 3. The van der Waals surface area contributed by atoms with Crippen molar-refractivity contribution in [3.63, 3.8) is 0 Å². The third-order valence-electron chi connectivity index (χ3n) is 3.78. The topological polar surface area (TPSA) is 0 Å². The van der Waals surface area contributed by atoms with Crippen LogP contribution in [-0.4, -0.2) is 0 Å². The van der Waals surface area contributed by atoms with Crippen LogP contribution in [0.15, 0.2) is 61.2 Å². The Hall–Kier alpha value is -2.34. The fourth-order valence-corrected chi connectivity index (χ4v) is 3.04. The van der Waals surface area contributed by atoms with Crippen LogP contribution in [-0.2, 0) is 0 Å². The first-order valence-corrected chi connectivity index (χ1v) is 6.18. The van der Waals surface area contributed by atoms with E-state index in [-0.39, 0.29) is 0 Å². The van der Waals surface area contributed by atoms with E-state index in [2.05, 4.69) is 61.2 Å². The van der Waals surface area contributed by atoms with E-state index in [1.165, 1.54) is 38.6 Å². The molecule has 0 heteroatoms. The van der Waals surface area contributed by atoms with Crippen LogP contribution in [0.1, 0.15) is 5.56 Å². The van der Waals surface area contributed by atoms with E-state index >= 15 is 0 Å². The van der Waals surface area contributed by atoms with Gasteiger partial charge in [0.1, 0.15) is 0 Å². The van der Waals surface area contributed by atoms with E-state index in [9.17, 15) is 0 Å². The molecule has 1 aliphatic carbocycles. The van der Waals surface area contributed by atoms with Crippen molar-refractivity contribution in [3.8, 4) is 22.3 Å². The van der Waals surface area contributed by atoms with Gasteiger partial charge < -0.3 is 0 Å². The van der Waals surface area contributed by atoms with Gasteiger partial charge in [-0.2, -0.15) is 0 Å². The second-order valence-corrected chi connectivity index (χ2v) is 4.68. The molecule has 0 unspecified atom stereocenters. The molecule has 0 saturated heterocycles. The van der Waals surface area contributed by atoms with E-state index in [0.29, 0.717) is 0 Å². The lowest BCUT2D eigenvalue weighted by Gasteiger charge is -2.05. The molecular formula is C18H12. The third-order valence-corrected chi connectivity index (χ3v) is 3.78. The molecule has 18 heavy (non-hydrogen) atoms. The largest absolute Gasteiger partial charge is 0.0984 e. The molecule has 0 spiro atoms. The minimum atomic E-state index is 1.22. The zero-order valence-electron chi connectivity index (χ0n) is 9.98. The first kappa shape index (κ1) is 9.67. The Morgan fingerprint density at radius 1 is 0.722 bits per heavy atom. The number of rotatable bonds is 1. The summed E-state index contributed by atoms with van der Waals surface area (Å²) in [5, 5.41) is 2.69. The van der Waals surface area contributed by atoms with Gasteiger partial charge in [-0.25, -0.2) is 0 Å². The third kappa shape index (κ3) is 1.05.